The smallest absolute Gasteiger partial charge is 0.295 e. The molecule has 34 heavy (non-hydrogen) atoms. The zero-order chi connectivity index (χ0) is 24.2. The molecule has 1 unspecified atom stereocenters. The van der Waals surface area contributed by atoms with Crippen molar-refractivity contribution in [2.45, 2.75) is 19.5 Å². The lowest BCUT2D eigenvalue weighted by molar-refractivity contribution is -0.140. The fraction of sp³-hybridized carbons (Fsp3) is 0.185. The van der Waals surface area contributed by atoms with E-state index in [0.29, 0.717) is 23.5 Å². The molecular formula is C27H25NO6. The SMILES string of the molecule is CCOc1cc(C2/C(=C(\O)c3ccc(OC)cc3)C(=O)C(=O)N2Cc2ccccc2)ccc1O. The number of aliphatic hydroxyl groups is 1. The summed E-state index contributed by atoms with van der Waals surface area (Å²) in [6.07, 6.45) is 0. The van der Waals surface area contributed by atoms with Crippen LogP contribution in [0.5, 0.6) is 17.2 Å². The predicted molar refractivity (Wildman–Crippen MR) is 127 cm³/mol. The molecule has 0 bridgehead atoms. The van der Waals surface area contributed by atoms with Crippen LogP contribution in [0.4, 0.5) is 0 Å². The molecule has 174 valence electrons. The minimum absolute atomic E-state index is 0.0285. The van der Waals surface area contributed by atoms with Gasteiger partial charge in [0.1, 0.15) is 11.5 Å². The molecule has 1 aliphatic heterocycles. The van der Waals surface area contributed by atoms with Crippen molar-refractivity contribution in [1.82, 2.24) is 4.90 Å². The number of nitrogens with zero attached hydrogens (tertiary/aromatic N) is 1. The van der Waals surface area contributed by atoms with E-state index in [2.05, 4.69) is 0 Å². The number of phenolic OH excluding ortho intramolecular Hbond substituents is 1. The van der Waals surface area contributed by atoms with Crippen LogP contribution in [0.15, 0.2) is 78.4 Å². The lowest BCUT2D eigenvalue weighted by Crippen LogP contribution is -2.29. The van der Waals surface area contributed by atoms with Crippen molar-refractivity contribution < 1.29 is 29.3 Å². The Hall–Kier alpha value is -4.26. The normalized spacial score (nSPS) is 17.1. The Kier molecular flexibility index (Phi) is 6.54. The van der Waals surface area contributed by atoms with Gasteiger partial charge in [0.25, 0.3) is 11.7 Å². The fourth-order valence-electron chi connectivity index (χ4n) is 4.05. The summed E-state index contributed by atoms with van der Waals surface area (Å²) >= 11 is 0. The van der Waals surface area contributed by atoms with Gasteiger partial charge >= 0.3 is 0 Å². The van der Waals surface area contributed by atoms with Crippen LogP contribution in [-0.4, -0.2) is 40.5 Å². The average molecular weight is 459 g/mol. The molecule has 1 saturated heterocycles. The molecule has 1 atom stereocenters. The van der Waals surface area contributed by atoms with Gasteiger partial charge in [0.05, 0.1) is 25.3 Å². The highest BCUT2D eigenvalue weighted by Crippen LogP contribution is 2.42. The van der Waals surface area contributed by atoms with E-state index < -0.39 is 17.7 Å². The van der Waals surface area contributed by atoms with E-state index >= 15 is 0 Å². The van der Waals surface area contributed by atoms with Crippen molar-refractivity contribution >= 4 is 17.4 Å². The van der Waals surface area contributed by atoms with Gasteiger partial charge in [-0.1, -0.05) is 36.4 Å². The van der Waals surface area contributed by atoms with Crippen molar-refractivity contribution in [3.8, 4) is 17.2 Å². The molecule has 1 heterocycles. The van der Waals surface area contributed by atoms with E-state index in [0.717, 1.165) is 5.56 Å². The molecule has 0 aliphatic carbocycles. The average Bonchev–Trinajstić information content (AvgIpc) is 3.10. The second-order valence-electron chi connectivity index (χ2n) is 7.80. The fourth-order valence-corrected chi connectivity index (χ4v) is 4.05. The van der Waals surface area contributed by atoms with E-state index in [4.69, 9.17) is 9.47 Å². The molecule has 7 heteroatoms. The lowest BCUT2D eigenvalue weighted by atomic mass is 9.94. The molecule has 0 spiro atoms. The number of Topliss-reactive ketones (excluding diaryl/α,β-unsaturated/α-hetero) is 1. The standard InChI is InChI=1S/C27H25NO6/c1-3-34-22-15-19(11-14-21(22)29)24-23(25(30)18-9-12-20(33-2)13-10-18)26(31)27(32)28(24)16-17-7-5-4-6-8-17/h4-15,24,29-30H,3,16H2,1-2H3/b25-23+. The first-order chi connectivity index (χ1) is 16.4. The van der Waals surface area contributed by atoms with Crippen LogP contribution in [0.2, 0.25) is 0 Å². The Labute approximate surface area is 197 Å². The molecule has 0 saturated carbocycles. The van der Waals surface area contributed by atoms with Crippen LogP contribution in [0.3, 0.4) is 0 Å². The van der Waals surface area contributed by atoms with Crippen molar-refractivity contribution in [2.24, 2.45) is 0 Å². The van der Waals surface area contributed by atoms with Crippen LogP contribution >= 0.6 is 0 Å². The van der Waals surface area contributed by atoms with Gasteiger partial charge in [0, 0.05) is 12.1 Å². The first kappa shape index (κ1) is 22.9. The van der Waals surface area contributed by atoms with Gasteiger partial charge < -0.3 is 24.6 Å². The Morgan fingerprint density at radius 2 is 1.71 bits per heavy atom. The third-order valence-electron chi connectivity index (χ3n) is 5.70. The Balaban J connectivity index is 1.87. The number of methoxy groups -OCH3 is 1. The van der Waals surface area contributed by atoms with E-state index in [1.165, 1.54) is 18.1 Å². The second-order valence-corrected chi connectivity index (χ2v) is 7.80. The molecule has 3 aromatic rings. The molecule has 4 rings (SSSR count). The number of aliphatic hydroxyl groups excluding tert-OH is 1. The van der Waals surface area contributed by atoms with Crippen LogP contribution in [0.1, 0.15) is 29.7 Å². The van der Waals surface area contributed by atoms with Crippen molar-refractivity contribution in [1.29, 1.82) is 0 Å². The Morgan fingerprint density at radius 3 is 2.35 bits per heavy atom. The van der Waals surface area contributed by atoms with Gasteiger partial charge in [0.15, 0.2) is 11.5 Å². The molecule has 1 aliphatic rings. The third-order valence-corrected chi connectivity index (χ3v) is 5.70. The highest BCUT2D eigenvalue weighted by Gasteiger charge is 2.46. The molecule has 2 N–H and O–H groups in total. The maximum absolute atomic E-state index is 13.2. The number of likely N-dealkylation sites (tertiary alicyclic amines) is 1. The zero-order valence-electron chi connectivity index (χ0n) is 18.9. The summed E-state index contributed by atoms with van der Waals surface area (Å²) in [6, 6.07) is 19.7. The molecule has 1 amide bonds. The Bertz CT molecular complexity index is 1230. The van der Waals surface area contributed by atoms with Crippen LogP contribution in [-0.2, 0) is 16.1 Å². The summed E-state index contributed by atoms with van der Waals surface area (Å²) in [6.45, 7) is 2.28. The quantitative estimate of drug-likeness (QED) is 0.308. The maximum Gasteiger partial charge on any atom is 0.295 e. The number of hydrogen-bond donors (Lipinski definition) is 2. The topological polar surface area (TPSA) is 96.3 Å². The minimum atomic E-state index is -0.873. The molecule has 1 fully saturated rings. The number of phenols is 1. The zero-order valence-corrected chi connectivity index (χ0v) is 18.9. The summed E-state index contributed by atoms with van der Waals surface area (Å²) in [5, 5.41) is 21.3. The summed E-state index contributed by atoms with van der Waals surface area (Å²) in [4.78, 5) is 27.8. The molecule has 3 aromatic carbocycles. The van der Waals surface area contributed by atoms with Gasteiger partial charge in [-0.25, -0.2) is 0 Å². The Morgan fingerprint density at radius 1 is 1.00 bits per heavy atom. The van der Waals surface area contributed by atoms with E-state index in [1.54, 1.807) is 43.3 Å². The maximum atomic E-state index is 13.2. The van der Waals surface area contributed by atoms with Crippen molar-refractivity contribution in [2.75, 3.05) is 13.7 Å². The predicted octanol–water partition coefficient (Wildman–Crippen LogP) is 4.42. The first-order valence-electron chi connectivity index (χ1n) is 10.9. The number of ether oxygens (including phenoxy) is 2. The van der Waals surface area contributed by atoms with E-state index in [1.807, 2.05) is 30.3 Å². The number of carbonyl (C=O) groups excluding carboxylic acids is 2. The minimum Gasteiger partial charge on any atom is -0.507 e. The lowest BCUT2D eigenvalue weighted by Gasteiger charge is -2.26. The highest BCUT2D eigenvalue weighted by atomic mass is 16.5. The highest BCUT2D eigenvalue weighted by molar-refractivity contribution is 6.46. The summed E-state index contributed by atoms with van der Waals surface area (Å²) in [5.74, 6) is -1.00. The molecule has 7 nitrogen and oxygen atoms in total. The van der Waals surface area contributed by atoms with Crippen LogP contribution < -0.4 is 9.47 Å². The van der Waals surface area contributed by atoms with Gasteiger partial charge in [-0.2, -0.15) is 0 Å². The number of benzene rings is 3. The number of carbonyl (C=O) groups is 2. The first-order valence-corrected chi connectivity index (χ1v) is 10.9. The van der Waals surface area contributed by atoms with Crippen molar-refractivity contribution in [3.63, 3.8) is 0 Å². The number of ketones is 1. The second kappa shape index (κ2) is 9.70. The molecular weight excluding hydrogens is 434 g/mol. The van der Waals surface area contributed by atoms with Crippen LogP contribution in [0, 0.1) is 0 Å². The van der Waals surface area contributed by atoms with E-state index in [9.17, 15) is 19.8 Å². The largest absolute Gasteiger partial charge is 0.507 e. The van der Waals surface area contributed by atoms with E-state index in [-0.39, 0.29) is 29.4 Å². The summed E-state index contributed by atoms with van der Waals surface area (Å²) < 4.78 is 10.7. The number of aromatic hydroxyl groups is 1. The summed E-state index contributed by atoms with van der Waals surface area (Å²) in [7, 11) is 1.53. The number of hydrogen-bond acceptors (Lipinski definition) is 6. The number of rotatable bonds is 7. The van der Waals surface area contributed by atoms with Gasteiger partial charge in [-0.05, 0) is 54.4 Å². The van der Waals surface area contributed by atoms with Gasteiger partial charge in [-0.3, -0.25) is 9.59 Å². The third kappa shape index (κ3) is 4.32. The number of amides is 1. The molecule has 0 aromatic heterocycles. The van der Waals surface area contributed by atoms with Crippen LogP contribution in [0.25, 0.3) is 5.76 Å². The monoisotopic (exact) mass is 459 g/mol. The van der Waals surface area contributed by atoms with Crippen molar-refractivity contribution in [3.05, 3.63) is 95.1 Å². The summed E-state index contributed by atoms with van der Waals surface area (Å²) in [5.41, 5.74) is 1.72. The van der Waals surface area contributed by atoms with Gasteiger partial charge in [-0.15, -0.1) is 0 Å². The van der Waals surface area contributed by atoms with Gasteiger partial charge in [0.2, 0.25) is 0 Å². The molecule has 0 radical (unpaired) electrons.